The number of halogens is 1. The molecule has 0 aliphatic rings. The minimum atomic E-state index is -0.214. The quantitative estimate of drug-likeness (QED) is 0.901. The van der Waals surface area contributed by atoms with Crippen LogP contribution in [0.3, 0.4) is 0 Å². The van der Waals surface area contributed by atoms with Crippen molar-refractivity contribution >= 4 is 23.2 Å². The van der Waals surface area contributed by atoms with Crippen LogP contribution in [0.5, 0.6) is 0 Å². The lowest BCUT2D eigenvalue weighted by Crippen LogP contribution is -2.12. The predicted molar refractivity (Wildman–Crippen MR) is 76.4 cm³/mol. The fourth-order valence-corrected chi connectivity index (χ4v) is 1.81. The van der Waals surface area contributed by atoms with Gasteiger partial charge in [-0.15, -0.1) is 0 Å². The van der Waals surface area contributed by atoms with Crippen LogP contribution in [0.25, 0.3) is 0 Å². The summed E-state index contributed by atoms with van der Waals surface area (Å²) in [6.45, 7) is 0.594. The number of carbonyl (C=O) groups is 1. The van der Waals surface area contributed by atoms with E-state index < -0.39 is 0 Å². The molecule has 0 spiro atoms. The smallest absolute Gasteiger partial charge is 0.255 e. The topological polar surface area (TPSA) is 68.0 Å². The zero-order valence-electron chi connectivity index (χ0n) is 10.3. The molecule has 1 amide bonds. The number of rotatable bonds is 4. The Morgan fingerprint density at radius 3 is 2.63 bits per heavy atom. The zero-order chi connectivity index (χ0) is 13.7. The third-order valence-corrected chi connectivity index (χ3v) is 2.99. The van der Waals surface area contributed by atoms with Gasteiger partial charge < -0.3 is 11.1 Å². The number of carbonyl (C=O) groups excluding carboxylic acids is 1. The van der Waals surface area contributed by atoms with E-state index in [-0.39, 0.29) is 5.91 Å². The standard InChI is InChI=1S/C14H14ClN3O/c15-12-6-8-17-9-13(12)18-14(19)11-3-1-10(2-4-11)5-7-16/h1-4,6,8-9H,5,7,16H2,(H,18,19). The first-order valence-electron chi connectivity index (χ1n) is 5.90. The maximum Gasteiger partial charge on any atom is 0.255 e. The van der Waals surface area contributed by atoms with Crippen molar-refractivity contribution in [1.82, 2.24) is 4.98 Å². The molecule has 1 aromatic carbocycles. The van der Waals surface area contributed by atoms with Crippen molar-refractivity contribution in [3.05, 3.63) is 58.9 Å². The molecule has 0 fully saturated rings. The molecule has 1 aromatic heterocycles. The Balaban J connectivity index is 2.10. The van der Waals surface area contributed by atoms with Crippen LogP contribution in [0.15, 0.2) is 42.7 Å². The average molecular weight is 276 g/mol. The zero-order valence-corrected chi connectivity index (χ0v) is 11.0. The summed E-state index contributed by atoms with van der Waals surface area (Å²) in [5.74, 6) is -0.214. The lowest BCUT2D eigenvalue weighted by Gasteiger charge is -2.07. The first-order chi connectivity index (χ1) is 9.20. The predicted octanol–water partition coefficient (Wildman–Crippen LogP) is 2.49. The summed E-state index contributed by atoms with van der Waals surface area (Å²) in [4.78, 5) is 15.9. The van der Waals surface area contributed by atoms with Crippen LogP contribution in [0, 0.1) is 0 Å². The van der Waals surface area contributed by atoms with Crippen LogP contribution >= 0.6 is 11.6 Å². The van der Waals surface area contributed by atoms with Crippen molar-refractivity contribution < 1.29 is 4.79 Å². The number of aromatic nitrogens is 1. The van der Waals surface area contributed by atoms with Gasteiger partial charge in [-0.25, -0.2) is 0 Å². The number of anilines is 1. The molecular weight excluding hydrogens is 262 g/mol. The molecule has 19 heavy (non-hydrogen) atoms. The molecule has 3 N–H and O–H groups in total. The number of nitrogens with one attached hydrogen (secondary N) is 1. The van der Waals surface area contributed by atoms with Gasteiger partial charge in [0.2, 0.25) is 0 Å². The molecule has 98 valence electrons. The second-order valence-corrected chi connectivity index (χ2v) is 4.45. The lowest BCUT2D eigenvalue weighted by molar-refractivity contribution is 0.102. The van der Waals surface area contributed by atoms with Gasteiger partial charge in [0.15, 0.2) is 0 Å². The van der Waals surface area contributed by atoms with E-state index in [4.69, 9.17) is 17.3 Å². The maximum atomic E-state index is 12.0. The summed E-state index contributed by atoms with van der Waals surface area (Å²) >= 11 is 5.95. The highest BCUT2D eigenvalue weighted by atomic mass is 35.5. The minimum absolute atomic E-state index is 0.214. The fraction of sp³-hybridized carbons (Fsp3) is 0.143. The molecular formula is C14H14ClN3O. The van der Waals surface area contributed by atoms with Crippen LogP contribution in [0.2, 0.25) is 5.02 Å². The summed E-state index contributed by atoms with van der Waals surface area (Å²) in [6, 6.07) is 8.95. The Bertz CT molecular complexity index is 569. The Hall–Kier alpha value is -1.91. The van der Waals surface area contributed by atoms with Gasteiger partial charge in [-0.3, -0.25) is 9.78 Å². The Labute approximate surface area is 116 Å². The van der Waals surface area contributed by atoms with E-state index in [9.17, 15) is 4.79 Å². The summed E-state index contributed by atoms with van der Waals surface area (Å²) in [6.07, 6.45) is 3.89. The summed E-state index contributed by atoms with van der Waals surface area (Å²) in [5, 5.41) is 3.18. The van der Waals surface area contributed by atoms with Crippen LogP contribution in [-0.2, 0) is 6.42 Å². The average Bonchev–Trinajstić information content (AvgIpc) is 2.42. The Kier molecular flexibility index (Phi) is 4.49. The van der Waals surface area contributed by atoms with E-state index in [0.29, 0.717) is 22.8 Å². The van der Waals surface area contributed by atoms with Crippen molar-refractivity contribution in [3.8, 4) is 0 Å². The van der Waals surface area contributed by atoms with Crippen LogP contribution in [0.1, 0.15) is 15.9 Å². The number of nitrogens with zero attached hydrogens (tertiary/aromatic N) is 1. The number of hydrogen-bond donors (Lipinski definition) is 2. The first kappa shape index (κ1) is 13.5. The van der Waals surface area contributed by atoms with Gasteiger partial charge in [-0.05, 0) is 36.7 Å². The summed E-state index contributed by atoms with van der Waals surface area (Å²) in [7, 11) is 0. The molecule has 0 saturated carbocycles. The molecule has 0 aliphatic carbocycles. The van der Waals surface area contributed by atoms with Crippen molar-refractivity contribution in [2.24, 2.45) is 5.73 Å². The number of amides is 1. The van der Waals surface area contributed by atoms with Gasteiger partial charge in [0, 0.05) is 11.8 Å². The molecule has 0 unspecified atom stereocenters. The van der Waals surface area contributed by atoms with Crippen molar-refractivity contribution in [1.29, 1.82) is 0 Å². The molecule has 0 bridgehead atoms. The molecule has 0 radical (unpaired) electrons. The molecule has 2 aromatic rings. The highest BCUT2D eigenvalue weighted by Crippen LogP contribution is 2.20. The van der Waals surface area contributed by atoms with Crippen LogP contribution < -0.4 is 11.1 Å². The third kappa shape index (κ3) is 3.53. The van der Waals surface area contributed by atoms with Gasteiger partial charge in [0.1, 0.15) is 0 Å². The van der Waals surface area contributed by atoms with Gasteiger partial charge in [-0.2, -0.15) is 0 Å². The van der Waals surface area contributed by atoms with E-state index in [1.54, 1.807) is 24.4 Å². The van der Waals surface area contributed by atoms with Gasteiger partial charge in [-0.1, -0.05) is 23.7 Å². The van der Waals surface area contributed by atoms with Crippen molar-refractivity contribution in [2.45, 2.75) is 6.42 Å². The Morgan fingerprint density at radius 2 is 2.00 bits per heavy atom. The summed E-state index contributed by atoms with van der Waals surface area (Å²) < 4.78 is 0. The fourth-order valence-electron chi connectivity index (χ4n) is 1.65. The highest BCUT2D eigenvalue weighted by molar-refractivity contribution is 6.33. The van der Waals surface area contributed by atoms with Gasteiger partial charge in [0.05, 0.1) is 16.9 Å². The van der Waals surface area contributed by atoms with Gasteiger partial charge in [0.25, 0.3) is 5.91 Å². The van der Waals surface area contributed by atoms with Gasteiger partial charge >= 0.3 is 0 Å². The van der Waals surface area contributed by atoms with Crippen molar-refractivity contribution in [3.63, 3.8) is 0 Å². The second kappa shape index (κ2) is 6.31. The number of benzene rings is 1. The van der Waals surface area contributed by atoms with E-state index in [1.807, 2.05) is 12.1 Å². The largest absolute Gasteiger partial charge is 0.330 e. The maximum absolute atomic E-state index is 12.0. The molecule has 1 heterocycles. The number of nitrogens with two attached hydrogens (primary N) is 1. The molecule has 0 aliphatic heterocycles. The lowest BCUT2D eigenvalue weighted by atomic mass is 10.1. The Morgan fingerprint density at radius 1 is 1.26 bits per heavy atom. The third-order valence-electron chi connectivity index (χ3n) is 2.67. The first-order valence-corrected chi connectivity index (χ1v) is 6.28. The second-order valence-electron chi connectivity index (χ2n) is 4.05. The molecule has 5 heteroatoms. The molecule has 2 rings (SSSR count). The van der Waals surface area contributed by atoms with E-state index in [0.717, 1.165) is 12.0 Å². The molecule has 0 saturated heterocycles. The molecule has 4 nitrogen and oxygen atoms in total. The van der Waals surface area contributed by atoms with E-state index >= 15 is 0 Å². The van der Waals surface area contributed by atoms with Crippen LogP contribution in [-0.4, -0.2) is 17.4 Å². The summed E-state index contributed by atoms with van der Waals surface area (Å²) in [5.41, 5.74) is 7.66. The normalized spacial score (nSPS) is 10.2. The minimum Gasteiger partial charge on any atom is -0.330 e. The molecule has 0 atom stereocenters. The van der Waals surface area contributed by atoms with E-state index in [1.165, 1.54) is 6.20 Å². The SMILES string of the molecule is NCCc1ccc(C(=O)Nc2cnccc2Cl)cc1. The number of hydrogen-bond acceptors (Lipinski definition) is 3. The highest BCUT2D eigenvalue weighted by Gasteiger charge is 2.08. The number of pyridine rings is 1. The van der Waals surface area contributed by atoms with Crippen molar-refractivity contribution in [2.75, 3.05) is 11.9 Å². The van der Waals surface area contributed by atoms with E-state index in [2.05, 4.69) is 10.3 Å². The van der Waals surface area contributed by atoms with Crippen LogP contribution in [0.4, 0.5) is 5.69 Å². The monoisotopic (exact) mass is 275 g/mol.